The van der Waals surface area contributed by atoms with E-state index in [9.17, 15) is 4.79 Å². The Hall–Kier alpha value is -0.980. The lowest BCUT2D eigenvalue weighted by Crippen LogP contribution is -2.49. The summed E-state index contributed by atoms with van der Waals surface area (Å²) >= 11 is 1.60. The minimum Gasteiger partial charge on any atom is -0.314 e. The van der Waals surface area contributed by atoms with Crippen LogP contribution in [0.25, 0.3) is 0 Å². The standard InChI is InChI=1S/C14H22N4OS/c1-10-7-15-5-6-17(10)8-12-9-20-14(16-12)18(11(2)19)13-3-4-13/h9-10,13,15H,3-8H2,1-2H3/t10-/m1/s1. The maximum absolute atomic E-state index is 11.8. The van der Waals surface area contributed by atoms with Crippen molar-refractivity contribution in [3.63, 3.8) is 0 Å². The van der Waals surface area contributed by atoms with Crippen molar-refractivity contribution in [2.45, 2.75) is 45.3 Å². The van der Waals surface area contributed by atoms with Gasteiger partial charge in [-0.3, -0.25) is 14.6 Å². The van der Waals surface area contributed by atoms with Crippen molar-refractivity contribution in [1.82, 2.24) is 15.2 Å². The van der Waals surface area contributed by atoms with E-state index in [0.717, 1.165) is 49.8 Å². The number of hydrogen-bond acceptors (Lipinski definition) is 5. The lowest BCUT2D eigenvalue weighted by Gasteiger charge is -2.33. The molecule has 110 valence electrons. The van der Waals surface area contributed by atoms with Gasteiger partial charge in [-0.2, -0.15) is 0 Å². The minimum absolute atomic E-state index is 0.115. The zero-order valence-electron chi connectivity index (χ0n) is 12.1. The molecule has 20 heavy (non-hydrogen) atoms. The highest BCUT2D eigenvalue weighted by molar-refractivity contribution is 7.14. The topological polar surface area (TPSA) is 48.5 Å². The highest BCUT2D eigenvalue weighted by atomic mass is 32.1. The molecule has 1 N–H and O–H groups in total. The average molecular weight is 294 g/mol. The normalized spacial score (nSPS) is 23.8. The van der Waals surface area contributed by atoms with Crippen LogP contribution in [0.5, 0.6) is 0 Å². The lowest BCUT2D eigenvalue weighted by atomic mass is 10.2. The summed E-state index contributed by atoms with van der Waals surface area (Å²) in [7, 11) is 0. The Bertz CT molecular complexity index is 485. The third-order valence-electron chi connectivity index (χ3n) is 4.00. The van der Waals surface area contributed by atoms with Gasteiger partial charge in [-0.05, 0) is 19.8 Å². The molecule has 0 aromatic carbocycles. The molecule has 1 atom stereocenters. The predicted octanol–water partition coefficient (Wildman–Crippen LogP) is 1.45. The molecule has 0 radical (unpaired) electrons. The molecular formula is C14H22N4OS. The summed E-state index contributed by atoms with van der Waals surface area (Å²) in [6.07, 6.45) is 2.23. The molecule has 6 heteroatoms. The first kappa shape index (κ1) is 14.0. The number of amides is 1. The zero-order chi connectivity index (χ0) is 14.1. The molecule has 2 heterocycles. The fraction of sp³-hybridized carbons (Fsp3) is 0.714. The Kier molecular flexibility index (Phi) is 4.05. The maximum Gasteiger partial charge on any atom is 0.225 e. The van der Waals surface area contributed by atoms with Gasteiger partial charge in [-0.25, -0.2) is 4.98 Å². The van der Waals surface area contributed by atoms with Crippen LogP contribution in [0.1, 0.15) is 32.4 Å². The van der Waals surface area contributed by atoms with Crippen LogP contribution < -0.4 is 10.2 Å². The lowest BCUT2D eigenvalue weighted by molar-refractivity contribution is -0.116. The first-order valence-corrected chi connectivity index (χ1v) is 8.22. The van der Waals surface area contributed by atoms with Crippen molar-refractivity contribution in [2.24, 2.45) is 0 Å². The van der Waals surface area contributed by atoms with Gasteiger partial charge in [0, 0.05) is 50.6 Å². The molecule has 0 unspecified atom stereocenters. The van der Waals surface area contributed by atoms with Gasteiger partial charge in [-0.1, -0.05) is 0 Å². The largest absolute Gasteiger partial charge is 0.314 e. The Morgan fingerprint density at radius 2 is 2.40 bits per heavy atom. The highest BCUT2D eigenvalue weighted by Gasteiger charge is 2.33. The summed E-state index contributed by atoms with van der Waals surface area (Å²) in [6.45, 7) is 7.91. The number of rotatable bonds is 4. The molecule has 1 aliphatic carbocycles. The molecule has 1 amide bonds. The molecule has 0 spiro atoms. The van der Waals surface area contributed by atoms with E-state index in [0.29, 0.717) is 12.1 Å². The Morgan fingerprint density at radius 3 is 3.05 bits per heavy atom. The summed E-state index contributed by atoms with van der Waals surface area (Å²) in [5, 5.41) is 6.37. The predicted molar refractivity (Wildman–Crippen MR) is 81.0 cm³/mol. The maximum atomic E-state index is 11.8. The molecule has 1 saturated carbocycles. The number of nitrogens with zero attached hydrogens (tertiary/aromatic N) is 3. The first-order chi connectivity index (χ1) is 9.65. The molecule has 1 aromatic heterocycles. The average Bonchev–Trinajstić information content (AvgIpc) is 3.12. The zero-order valence-corrected chi connectivity index (χ0v) is 12.9. The molecule has 5 nitrogen and oxygen atoms in total. The van der Waals surface area contributed by atoms with Gasteiger partial charge in [0.25, 0.3) is 0 Å². The van der Waals surface area contributed by atoms with Gasteiger partial charge in [-0.15, -0.1) is 11.3 Å². The molecule has 3 rings (SSSR count). The van der Waals surface area contributed by atoms with E-state index in [1.54, 1.807) is 18.3 Å². The number of nitrogens with one attached hydrogen (secondary N) is 1. The summed E-state index contributed by atoms with van der Waals surface area (Å²) in [4.78, 5) is 20.8. The molecule has 1 aliphatic heterocycles. The number of hydrogen-bond donors (Lipinski definition) is 1. The Balaban J connectivity index is 1.68. The van der Waals surface area contributed by atoms with E-state index in [4.69, 9.17) is 0 Å². The third-order valence-corrected chi connectivity index (χ3v) is 4.89. The highest BCUT2D eigenvalue weighted by Crippen LogP contribution is 2.33. The number of carbonyl (C=O) groups is 1. The quantitative estimate of drug-likeness (QED) is 0.913. The summed E-state index contributed by atoms with van der Waals surface area (Å²) in [5.74, 6) is 0.115. The van der Waals surface area contributed by atoms with Gasteiger partial charge in [0.2, 0.25) is 5.91 Å². The van der Waals surface area contributed by atoms with Gasteiger partial charge >= 0.3 is 0 Å². The Morgan fingerprint density at radius 1 is 1.60 bits per heavy atom. The second-order valence-electron chi connectivity index (χ2n) is 5.77. The van der Waals surface area contributed by atoms with E-state index in [2.05, 4.69) is 27.5 Å². The van der Waals surface area contributed by atoms with Crippen LogP contribution in [-0.2, 0) is 11.3 Å². The second-order valence-corrected chi connectivity index (χ2v) is 6.60. The van der Waals surface area contributed by atoms with Crippen molar-refractivity contribution < 1.29 is 4.79 Å². The smallest absolute Gasteiger partial charge is 0.225 e. The monoisotopic (exact) mass is 294 g/mol. The first-order valence-electron chi connectivity index (χ1n) is 7.34. The number of aromatic nitrogens is 1. The minimum atomic E-state index is 0.115. The van der Waals surface area contributed by atoms with Gasteiger partial charge in [0.1, 0.15) is 0 Å². The summed E-state index contributed by atoms with van der Waals surface area (Å²) in [5.41, 5.74) is 1.09. The molecule has 1 saturated heterocycles. The van der Waals surface area contributed by atoms with Crippen molar-refractivity contribution in [2.75, 3.05) is 24.5 Å². The van der Waals surface area contributed by atoms with Crippen molar-refractivity contribution in [3.8, 4) is 0 Å². The van der Waals surface area contributed by atoms with E-state index in [1.165, 1.54) is 0 Å². The summed E-state index contributed by atoms with van der Waals surface area (Å²) in [6, 6.07) is 0.936. The van der Waals surface area contributed by atoms with Crippen molar-refractivity contribution in [3.05, 3.63) is 11.1 Å². The number of piperazine rings is 1. The van der Waals surface area contributed by atoms with Crippen LogP contribution in [-0.4, -0.2) is 47.5 Å². The Labute approximate surface area is 124 Å². The molecule has 2 aliphatic rings. The van der Waals surface area contributed by atoms with Gasteiger partial charge < -0.3 is 5.32 Å². The number of anilines is 1. The van der Waals surface area contributed by atoms with Crippen molar-refractivity contribution >= 4 is 22.4 Å². The van der Waals surface area contributed by atoms with Crippen LogP contribution >= 0.6 is 11.3 Å². The fourth-order valence-corrected chi connectivity index (χ4v) is 3.62. The van der Waals surface area contributed by atoms with Crippen LogP contribution in [0.2, 0.25) is 0 Å². The fourth-order valence-electron chi connectivity index (χ4n) is 2.69. The molecular weight excluding hydrogens is 272 g/mol. The molecule has 1 aromatic rings. The van der Waals surface area contributed by atoms with Gasteiger partial charge in [0.15, 0.2) is 5.13 Å². The van der Waals surface area contributed by atoms with Gasteiger partial charge in [0.05, 0.1) is 5.69 Å². The van der Waals surface area contributed by atoms with Crippen LogP contribution in [0.3, 0.4) is 0 Å². The number of carbonyl (C=O) groups excluding carboxylic acids is 1. The van der Waals surface area contributed by atoms with Crippen LogP contribution in [0.15, 0.2) is 5.38 Å². The second kappa shape index (κ2) is 5.79. The van der Waals surface area contributed by atoms with E-state index < -0.39 is 0 Å². The van der Waals surface area contributed by atoms with Crippen molar-refractivity contribution in [1.29, 1.82) is 0 Å². The third kappa shape index (κ3) is 3.02. The van der Waals surface area contributed by atoms with E-state index >= 15 is 0 Å². The number of thiazole rings is 1. The molecule has 0 bridgehead atoms. The summed E-state index contributed by atoms with van der Waals surface area (Å²) < 4.78 is 0. The van der Waals surface area contributed by atoms with E-state index in [1.807, 2.05) is 4.90 Å². The van der Waals surface area contributed by atoms with E-state index in [-0.39, 0.29) is 5.91 Å². The van der Waals surface area contributed by atoms with Crippen LogP contribution in [0.4, 0.5) is 5.13 Å². The molecule has 2 fully saturated rings. The SMILES string of the molecule is CC(=O)N(c1nc(CN2CCNC[C@H]2C)cs1)C1CC1. The van der Waals surface area contributed by atoms with Crippen LogP contribution in [0, 0.1) is 0 Å².